The largest absolute Gasteiger partial charge is 0.492 e. The van der Waals surface area contributed by atoms with Gasteiger partial charge in [-0.15, -0.1) is 0 Å². The quantitative estimate of drug-likeness (QED) is 0.159. The second kappa shape index (κ2) is 10.8. The van der Waals surface area contributed by atoms with Crippen LogP contribution in [0, 0.1) is 0 Å². The van der Waals surface area contributed by atoms with Crippen LogP contribution < -0.4 is 9.05 Å². The van der Waals surface area contributed by atoms with Gasteiger partial charge in [0.1, 0.15) is 11.5 Å². The van der Waals surface area contributed by atoms with E-state index in [0.29, 0.717) is 28.0 Å². The zero-order valence-corrected chi connectivity index (χ0v) is 22.1. The predicted molar refractivity (Wildman–Crippen MR) is 143 cm³/mol. The van der Waals surface area contributed by atoms with Crippen molar-refractivity contribution in [3.8, 4) is 11.5 Å². The highest BCUT2D eigenvalue weighted by Gasteiger charge is 2.31. The fraction of sp³-hybridized carbons (Fsp3) is 0.286. The molecule has 4 rings (SSSR count). The minimum Gasteiger partial charge on any atom is -0.408 e. The average Bonchev–Trinajstić information content (AvgIpc) is 2.85. The van der Waals surface area contributed by atoms with E-state index in [2.05, 4.69) is 13.0 Å². The molecule has 1 unspecified atom stereocenters. The smallest absolute Gasteiger partial charge is 0.408 e. The molecular weight excluding hydrogens is 504 g/mol. The minimum absolute atomic E-state index is 0.379. The molecule has 0 saturated carbocycles. The lowest BCUT2D eigenvalue weighted by Crippen LogP contribution is -2.04. The fourth-order valence-corrected chi connectivity index (χ4v) is 7.32. The van der Waals surface area contributed by atoms with Crippen LogP contribution in [0.5, 0.6) is 11.5 Å². The molecule has 0 N–H and O–H groups in total. The van der Waals surface area contributed by atoms with E-state index in [1.807, 2.05) is 26.0 Å². The first-order valence-corrected chi connectivity index (χ1v) is 15.1. The number of hydrogen-bond donors (Lipinski definition) is 0. The summed E-state index contributed by atoms with van der Waals surface area (Å²) in [7, 11) is 0. The van der Waals surface area contributed by atoms with E-state index in [0.717, 1.165) is 59.1 Å². The Kier molecular flexibility index (Phi) is 7.91. The Balaban J connectivity index is 1.67. The summed E-state index contributed by atoms with van der Waals surface area (Å²) in [5, 5.41) is 2.71. The van der Waals surface area contributed by atoms with Gasteiger partial charge in [-0.25, -0.2) is 4.57 Å². The minimum atomic E-state index is -4.40. The van der Waals surface area contributed by atoms with Crippen LogP contribution in [0.3, 0.4) is 0 Å². The Bertz CT molecular complexity index is 1440. The number of fused-ring (bicyclic) bond motifs is 2. The highest BCUT2D eigenvalue weighted by atomic mass is 32.7. The molecule has 4 aromatic rings. The van der Waals surface area contributed by atoms with Crippen molar-refractivity contribution in [2.75, 3.05) is 5.75 Å². The topological polar surface area (TPSA) is 35.5 Å². The fourth-order valence-electron chi connectivity index (χ4n) is 3.95. The van der Waals surface area contributed by atoms with E-state index in [1.165, 1.54) is 11.6 Å². The van der Waals surface area contributed by atoms with E-state index in [1.54, 1.807) is 30.3 Å². The molecule has 0 fully saturated rings. The maximum Gasteiger partial charge on any atom is 0.492 e. The molecule has 0 radical (unpaired) electrons. The average molecular weight is 533 g/mol. The van der Waals surface area contributed by atoms with Crippen LogP contribution in [-0.2, 0) is 23.6 Å². The lowest BCUT2D eigenvalue weighted by atomic mass is 10.0. The van der Waals surface area contributed by atoms with Crippen molar-refractivity contribution >= 4 is 39.7 Å². The standard InChI is InChI=1S/C28H28F3O3PS/c1-4-13-36-35(32,34-27-12-7-19(5-2)14-20(27)6-3)33-26-11-9-22-15-23-17-25(28(29,30)31)10-8-21(23)16-24(22)18-26/h7-12,14-18H,4-6,13H2,1-3H3. The third-order valence-electron chi connectivity index (χ3n) is 5.89. The number of benzene rings is 4. The lowest BCUT2D eigenvalue weighted by molar-refractivity contribution is -0.137. The second-order valence-corrected chi connectivity index (χ2v) is 12.6. The van der Waals surface area contributed by atoms with Crippen molar-refractivity contribution in [2.45, 2.75) is 46.2 Å². The van der Waals surface area contributed by atoms with Gasteiger partial charge < -0.3 is 9.05 Å². The van der Waals surface area contributed by atoms with Crippen LogP contribution in [0.15, 0.2) is 66.7 Å². The molecule has 8 heteroatoms. The normalized spacial score (nSPS) is 13.6. The van der Waals surface area contributed by atoms with Crippen molar-refractivity contribution in [1.82, 2.24) is 0 Å². The monoisotopic (exact) mass is 532 g/mol. The maximum atomic E-state index is 13.8. The summed E-state index contributed by atoms with van der Waals surface area (Å²) < 4.78 is 65.2. The van der Waals surface area contributed by atoms with Crippen molar-refractivity contribution in [2.24, 2.45) is 0 Å². The van der Waals surface area contributed by atoms with Crippen molar-refractivity contribution in [1.29, 1.82) is 0 Å². The molecule has 0 amide bonds. The number of halogens is 3. The Hall–Kier alpha value is -2.63. The zero-order valence-electron chi connectivity index (χ0n) is 20.4. The third-order valence-corrected chi connectivity index (χ3v) is 9.59. The first-order valence-electron chi connectivity index (χ1n) is 11.9. The van der Waals surface area contributed by atoms with Gasteiger partial charge in [-0.05, 0) is 106 Å². The summed E-state index contributed by atoms with van der Waals surface area (Å²) in [4.78, 5) is 0. The van der Waals surface area contributed by atoms with Gasteiger partial charge in [0.2, 0.25) is 0 Å². The molecule has 4 aromatic carbocycles. The van der Waals surface area contributed by atoms with Crippen LogP contribution in [0.25, 0.3) is 21.5 Å². The number of rotatable bonds is 9. The van der Waals surface area contributed by atoms with Gasteiger partial charge in [-0.3, -0.25) is 0 Å². The molecule has 0 aromatic heterocycles. The summed E-state index contributed by atoms with van der Waals surface area (Å²) in [6.45, 7) is 2.50. The molecule has 0 aliphatic carbocycles. The van der Waals surface area contributed by atoms with Gasteiger partial charge in [0.15, 0.2) is 0 Å². The molecule has 190 valence electrons. The van der Waals surface area contributed by atoms with Crippen molar-refractivity contribution < 1.29 is 26.8 Å². The second-order valence-electron chi connectivity index (χ2n) is 8.53. The van der Waals surface area contributed by atoms with Crippen molar-refractivity contribution in [3.05, 3.63) is 83.4 Å². The SMILES string of the molecule is CCCSP(=O)(Oc1ccc2cc3cc(C(F)(F)F)ccc3cc2c1)Oc1ccc(CC)cc1CC. The summed E-state index contributed by atoms with van der Waals surface area (Å²) in [6.07, 6.45) is -1.96. The van der Waals surface area contributed by atoms with E-state index < -0.39 is 18.5 Å². The first-order chi connectivity index (χ1) is 17.1. The third kappa shape index (κ3) is 6.01. The number of hydrogen-bond acceptors (Lipinski definition) is 4. The van der Waals surface area contributed by atoms with Gasteiger partial charge >= 0.3 is 13.0 Å². The number of aryl methyl sites for hydroxylation is 2. The Morgan fingerprint density at radius 1 is 0.778 bits per heavy atom. The van der Waals surface area contributed by atoms with E-state index in [9.17, 15) is 17.7 Å². The van der Waals surface area contributed by atoms with E-state index >= 15 is 0 Å². The molecule has 3 nitrogen and oxygen atoms in total. The molecule has 36 heavy (non-hydrogen) atoms. The van der Waals surface area contributed by atoms with Crippen LogP contribution >= 0.6 is 18.2 Å². The molecule has 0 bridgehead atoms. The van der Waals surface area contributed by atoms with Gasteiger partial charge in [-0.2, -0.15) is 13.2 Å². The maximum absolute atomic E-state index is 13.8. The van der Waals surface area contributed by atoms with Crippen molar-refractivity contribution in [3.63, 3.8) is 0 Å². The molecule has 0 saturated heterocycles. The molecule has 0 heterocycles. The highest BCUT2D eigenvalue weighted by molar-refractivity contribution is 8.55. The van der Waals surface area contributed by atoms with Crippen LogP contribution in [0.4, 0.5) is 13.2 Å². The lowest BCUT2D eigenvalue weighted by Gasteiger charge is -2.21. The Morgan fingerprint density at radius 3 is 2.11 bits per heavy atom. The highest BCUT2D eigenvalue weighted by Crippen LogP contribution is 2.60. The Morgan fingerprint density at radius 2 is 1.47 bits per heavy atom. The van der Waals surface area contributed by atoms with Gasteiger partial charge in [0.05, 0.1) is 5.56 Å². The zero-order chi connectivity index (χ0) is 25.9. The van der Waals surface area contributed by atoms with Gasteiger partial charge in [0.25, 0.3) is 0 Å². The van der Waals surface area contributed by atoms with Crippen LogP contribution in [0.2, 0.25) is 0 Å². The predicted octanol–water partition coefficient (Wildman–Crippen LogP) is 9.85. The number of alkyl halides is 3. The van der Waals surface area contributed by atoms with Gasteiger partial charge in [0, 0.05) is 5.75 Å². The summed E-state index contributed by atoms with van der Waals surface area (Å²) >= 11 is 1.16. The molecule has 0 spiro atoms. The van der Waals surface area contributed by atoms with E-state index in [-0.39, 0.29) is 0 Å². The molecule has 0 aliphatic rings. The summed E-state index contributed by atoms with van der Waals surface area (Å²) in [5.41, 5.74) is 1.47. The van der Waals surface area contributed by atoms with Crippen LogP contribution in [0.1, 0.15) is 43.9 Å². The molecule has 1 atom stereocenters. The van der Waals surface area contributed by atoms with Gasteiger partial charge in [-0.1, -0.05) is 45.0 Å². The first kappa shape index (κ1) is 26.4. The summed E-state index contributed by atoms with van der Waals surface area (Å²) in [5.74, 6) is 1.53. The molecule has 0 aliphatic heterocycles. The van der Waals surface area contributed by atoms with E-state index in [4.69, 9.17) is 9.05 Å². The van der Waals surface area contributed by atoms with Crippen LogP contribution in [-0.4, -0.2) is 5.75 Å². The molecular formula is C28H28F3O3PS. The summed E-state index contributed by atoms with van der Waals surface area (Å²) in [6, 6.07) is 18.3. The Labute approximate surface area is 213 Å².